The number of benzene rings is 2. The molecule has 0 heterocycles. The van der Waals surface area contributed by atoms with E-state index < -0.39 is 0 Å². The highest BCUT2D eigenvalue weighted by molar-refractivity contribution is 5.54. The molecule has 0 spiro atoms. The summed E-state index contributed by atoms with van der Waals surface area (Å²) < 4.78 is 4.93. The van der Waals surface area contributed by atoms with Crippen LogP contribution in [0.1, 0.15) is 11.1 Å². The van der Waals surface area contributed by atoms with E-state index in [0.717, 1.165) is 11.3 Å². The number of rotatable bonds is 2. The van der Waals surface area contributed by atoms with Gasteiger partial charge in [0.25, 0.3) is 0 Å². The first-order chi connectivity index (χ1) is 9.45. The smallest absolute Gasteiger partial charge is 0.122 e. The van der Waals surface area contributed by atoms with Crippen molar-refractivity contribution in [3.8, 4) is 11.5 Å². The van der Waals surface area contributed by atoms with Crippen molar-refractivity contribution in [1.29, 1.82) is 0 Å². The van der Waals surface area contributed by atoms with Crippen LogP contribution in [0.15, 0.2) is 36.4 Å². The minimum absolute atomic E-state index is 0.134. The third-order valence-electron chi connectivity index (χ3n) is 2.74. The van der Waals surface area contributed by atoms with Crippen molar-refractivity contribution in [3.05, 3.63) is 47.5 Å². The van der Waals surface area contributed by atoms with Gasteiger partial charge in [-0.2, -0.15) is 0 Å². The number of hydrogen-bond acceptors (Lipinski definition) is 5. The van der Waals surface area contributed by atoms with Gasteiger partial charge in [-0.25, -0.2) is 0 Å². The molecule has 5 heteroatoms. The topological polar surface area (TPSA) is 102 Å². The van der Waals surface area contributed by atoms with E-state index in [2.05, 4.69) is 0 Å². The average Bonchev–Trinajstić information content (AvgIpc) is 2.41. The maximum atomic E-state index is 8.94. The van der Waals surface area contributed by atoms with Crippen LogP contribution in [0.2, 0.25) is 0 Å². The van der Waals surface area contributed by atoms with Gasteiger partial charge in [-0.05, 0) is 37.3 Å². The first-order valence-corrected chi connectivity index (χ1v) is 6.06. The van der Waals surface area contributed by atoms with E-state index in [9.17, 15) is 0 Å². The summed E-state index contributed by atoms with van der Waals surface area (Å²) in [6.45, 7) is 2.17. The predicted octanol–water partition coefficient (Wildman–Crippen LogP) is 2.40. The lowest BCUT2D eigenvalue weighted by atomic mass is 10.2. The fourth-order valence-electron chi connectivity index (χ4n) is 1.52. The molecule has 0 fully saturated rings. The molecule has 2 aromatic carbocycles. The third-order valence-corrected chi connectivity index (χ3v) is 2.74. The summed E-state index contributed by atoms with van der Waals surface area (Å²) in [5, 5.41) is 17.9. The molecule has 0 aliphatic heterocycles. The van der Waals surface area contributed by atoms with Gasteiger partial charge in [0.05, 0.1) is 6.61 Å². The molecule has 108 valence electrons. The van der Waals surface area contributed by atoms with Crippen LogP contribution in [0, 0.1) is 6.92 Å². The van der Waals surface area contributed by atoms with Crippen LogP contribution in [0.5, 0.6) is 11.5 Å². The van der Waals surface area contributed by atoms with Crippen LogP contribution in [0.25, 0.3) is 0 Å². The number of hydrogen-bond donors (Lipinski definition) is 4. The van der Waals surface area contributed by atoms with Crippen molar-refractivity contribution in [2.24, 2.45) is 0 Å². The molecule has 5 nitrogen and oxygen atoms in total. The van der Waals surface area contributed by atoms with Gasteiger partial charge in [0, 0.05) is 29.6 Å². The second-order valence-electron chi connectivity index (χ2n) is 4.31. The molecule has 0 saturated heterocycles. The Labute approximate surface area is 118 Å². The highest BCUT2D eigenvalue weighted by Crippen LogP contribution is 2.23. The standard InChI is InChI=1S/C8H12N2O.C7H8O2/c1-11-5-6-4-7(9)2-3-8(6)10;1-5-6(8)3-2-4-7(5)9/h2-4H,5,9-10H2,1H3;2-4,8-9H,1H3. The molecule has 6 N–H and O–H groups in total. The minimum atomic E-state index is 0.134. The van der Waals surface area contributed by atoms with Gasteiger partial charge in [0.1, 0.15) is 11.5 Å². The summed E-state index contributed by atoms with van der Waals surface area (Å²) >= 11 is 0. The van der Waals surface area contributed by atoms with Gasteiger partial charge in [-0.15, -0.1) is 0 Å². The lowest BCUT2D eigenvalue weighted by Gasteiger charge is -2.04. The third kappa shape index (κ3) is 4.37. The van der Waals surface area contributed by atoms with Crippen LogP contribution >= 0.6 is 0 Å². The second-order valence-corrected chi connectivity index (χ2v) is 4.31. The molecule has 0 amide bonds. The molecule has 0 unspecified atom stereocenters. The monoisotopic (exact) mass is 276 g/mol. The quantitative estimate of drug-likeness (QED) is 0.631. The van der Waals surface area contributed by atoms with Gasteiger partial charge >= 0.3 is 0 Å². The Balaban J connectivity index is 0.000000204. The van der Waals surface area contributed by atoms with Crippen LogP contribution in [0.4, 0.5) is 11.4 Å². The van der Waals surface area contributed by atoms with Crippen molar-refractivity contribution in [3.63, 3.8) is 0 Å². The number of phenols is 2. The minimum Gasteiger partial charge on any atom is -0.508 e. The maximum Gasteiger partial charge on any atom is 0.122 e. The normalized spacial score (nSPS) is 9.70. The van der Waals surface area contributed by atoms with Gasteiger partial charge in [-0.3, -0.25) is 0 Å². The van der Waals surface area contributed by atoms with Crippen LogP contribution in [-0.2, 0) is 11.3 Å². The molecular formula is C15H20N2O3. The average molecular weight is 276 g/mol. The molecule has 0 saturated carbocycles. The van der Waals surface area contributed by atoms with E-state index in [0.29, 0.717) is 17.9 Å². The zero-order chi connectivity index (χ0) is 15.1. The Morgan fingerprint density at radius 3 is 2.15 bits per heavy atom. The summed E-state index contributed by atoms with van der Waals surface area (Å²) in [5.74, 6) is 0.269. The largest absolute Gasteiger partial charge is 0.508 e. The molecule has 0 atom stereocenters. The lowest BCUT2D eigenvalue weighted by Crippen LogP contribution is -1.97. The summed E-state index contributed by atoms with van der Waals surface area (Å²) in [6.07, 6.45) is 0. The molecule has 0 bridgehead atoms. The summed E-state index contributed by atoms with van der Waals surface area (Å²) in [7, 11) is 1.63. The van der Waals surface area contributed by atoms with Crippen molar-refractivity contribution >= 4 is 11.4 Å². The summed E-state index contributed by atoms with van der Waals surface area (Å²) in [5.41, 5.74) is 14.1. The van der Waals surface area contributed by atoms with Gasteiger partial charge in [0.15, 0.2) is 0 Å². The van der Waals surface area contributed by atoms with E-state index in [-0.39, 0.29) is 11.5 Å². The first kappa shape index (κ1) is 15.7. The second kappa shape index (κ2) is 7.25. The summed E-state index contributed by atoms with van der Waals surface area (Å²) in [4.78, 5) is 0. The molecule has 0 aliphatic carbocycles. The number of aromatic hydroxyl groups is 2. The zero-order valence-electron chi connectivity index (χ0n) is 11.6. The Morgan fingerprint density at radius 2 is 1.65 bits per heavy atom. The Kier molecular flexibility index (Phi) is 5.68. The van der Waals surface area contributed by atoms with Crippen molar-refractivity contribution in [2.45, 2.75) is 13.5 Å². The fourth-order valence-corrected chi connectivity index (χ4v) is 1.52. The van der Waals surface area contributed by atoms with Gasteiger partial charge < -0.3 is 26.4 Å². The Morgan fingerprint density at radius 1 is 1.05 bits per heavy atom. The number of nitrogen functional groups attached to an aromatic ring is 2. The fraction of sp³-hybridized carbons (Fsp3) is 0.200. The van der Waals surface area contributed by atoms with Gasteiger partial charge in [-0.1, -0.05) is 6.07 Å². The van der Waals surface area contributed by atoms with Gasteiger partial charge in [0.2, 0.25) is 0 Å². The molecule has 0 radical (unpaired) electrons. The van der Waals surface area contributed by atoms with E-state index in [4.69, 9.17) is 26.4 Å². The van der Waals surface area contributed by atoms with E-state index in [1.54, 1.807) is 32.2 Å². The number of methoxy groups -OCH3 is 1. The predicted molar refractivity (Wildman–Crippen MR) is 80.5 cm³/mol. The Hall–Kier alpha value is -2.40. The summed E-state index contributed by atoms with van der Waals surface area (Å²) in [6, 6.07) is 10.0. The van der Waals surface area contributed by atoms with Crippen molar-refractivity contribution < 1.29 is 14.9 Å². The Bertz CT molecular complexity index is 551. The van der Waals surface area contributed by atoms with Crippen molar-refractivity contribution in [2.75, 3.05) is 18.6 Å². The lowest BCUT2D eigenvalue weighted by molar-refractivity contribution is 0.185. The van der Waals surface area contributed by atoms with Crippen LogP contribution in [0.3, 0.4) is 0 Å². The van der Waals surface area contributed by atoms with Crippen molar-refractivity contribution in [1.82, 2.24) is 0 Å². The van der Waals surface area contributed by atoms with E-state index in [1.807, 2.05) is 6.07 Å². The van der Waals surface area contributed by atoms with E-state index in [1.165, 1.54) is 12.1 Å². The highest BCUT2D eigenvalue weighted by Gasteiger charge is 1.98. The number of phenolic OH excluding ortho intramolecular Hbond substituents is 2. The van der Waals surface area contributed by atoms with E-state index >= 15 is 0 Å². The molecular weight excluding hydrogens is 256 g/mol. The SMILES string of the molecule is COCc1cc(N)ccc1N.Cc1c(O)cccc1O. The molecule has 20 heavy (non-hydrogen) atoms. The maximum absolute atomic E-state index is 8.94. The zero-order valence-corrected chi connectivity index (χ0v) is 11.6. The molecule has 0 aromatic heterocycles. The van der Waals surface area contributed by atoms with Crippen LogP contribution in [-0.4, -0.2) is 17.3 Å². The first-order valence-electron chi connectivity index (χ1n) is 6.06. The number of ether oxygens (including phenoxy) is 1. The molecule has 2 rings (SSSR count). The molecule has 0 aliphatic rings. The number of nitrogens with two attached hydrogens (primary N) is 2. The number of anilines is 2. The van der Waals surface area contributed by atoms with Crippen LogP contribution < -0.4 is 11.5 Å². The molecule has 2 aromatic rings. The highest BCUT2D eigenvalue weighted by atomic mass is 16.5.